The van der Waals surface area contributed by atoms with Gasteiger partial charge in [0.05, 0.1) is 18.1 Å². The zero-order chi connectivity index (χ0) is 16.5. The third-order valence-corrected chi connectivity index (χ3v) is 6.92. The van der Waals surface area contributed by atoms with Crippen LogP contribution in [0.25, 0.3) is 0 Å². The van der Waals surface area contributed by atoms with Crippen molar-refractivity contribution in [2.45, 2.75) is 19.4 Å². The summed E-state index contributed by atoms with van der Waals surface area (Å²) in [5, 5.41) is 0. The molecule has 1 aromatic rings. The van der Waals surface area contributed by atoms with Gasteiger partial charge >= 0.3 is 0 Å². The normalized spacial score (nSPS) is 34.7. The topological polar surface area (TPSA) is 18.1 Å². The van der Waals surface area contributed by atoms with Gasteiger partial charge in [0.2, 0.25) is 0 Å². The average Bonchev–Trinajstić information content (AvgIpc) is 3.20. The van der Waals surface area contributed by atoms with Crippen LogP contribution in [0.4, 0.5) is 0 Å². The van der Waals surface area contributed by atoms with Gasteiger partial charge in [-0.25, -0.2) is 0 Å². The number of allylic oxidation sites excluding steroid dienone is 2. The highest BCUT2D eigenvalue weighted by Crippen LogP contribution is 2.42. The Kier molecular flexibility index (Phi) is 4.98. The van der Waals surface area contributed by atoms with E-state index < -0.39 is 0 Å². The van der Waals surface area contributed by atoms with E-state index in [2.05, 4.69) is 46.3 Å². The summed E-state index contributed by atoms with van der Waals surface area (Å²) < 4.78 is 6.39. The van der Waals surface area contributed by atoms with Crippen LogP contribution in [0.15, 0.2) is 34.8 Å². The zero-order valence-electron chi connectivity index (χ0n) is 14.6. The number of hydrogen-bond acceptors (Lipinski definition) is 1. The largest absolute Gasteiger partial charge is 0.496 e. The molecule has 1 aromatic carbocycles. The van der Waals surface area contributed by atoms with Gasteiger partial charge in [0, 0.05) is 11.5 Å². The van der Waals surface area contributed by atoms with Gasteiger partial charge in [-0.2, -0.15) is 0 Å². The van der Waals surface area contributed by atoms with E-state index in [1.807, 2.05) is 4.90 Å². The number of rotatable bonds is 5. The van der Waals surface area contributed by atoms with Crippen LogP contribution in [-0.2, 0) is 6.54 Å². The van der Waals surface area contributed by atoms with Crippen LogP contribution in [0.5, 0.6) is 5.75 Å². The molecule has 2 fully saturated rings. The number of piperazine rings is 1. The van der Waals surface area contributed by atoms with Crippen LogP contribution in [0.1, 0.15) is 18.4 Å². The quantitative estimate of drug-likeness (QED) is 0.714. The summed E-state index contributed by atoms with van der Waals surface area (Å²) >= 11 is 3.60. The summed E-state index contributed by atoms with van der Waals surface area (Å²) in [6.45, 7) is 7.82. The van der Waals surface area contributed by atoms with Crippen molar-refractivity contribution in [2.75, 3.05) is 39.8 Å². The summed E-state index contributed by atoms with van der Waals surface area (Å²) in [4.78, 5) is 3.57. The van der Waals surface area contributed by atoms with Crippen LogP contribution < -0.4 is 14.5 Å². The molecule has 0 aromatic heterocycles. The molecular weight excluding hydrogens is 364 g/mol. The Morgan fingerprint density at radius 3 is 2.50 bits per heavy atom. The van der Waals surface area contributed by atoms with Crippen molar-refractivity contribution in [3.8, 4) is 5.75 Å². The van der Waals surface area contributed by atoms with E-state index in [-0.39, 0.29) is 0 Å². The summed E-state index contributed by atoms with van der Waals surface area (Å²) in [5.74, 6) is 3.71. The van der Waals surface area contributed by atoms with Crippen LogP contribution in [0, 0.1) is 17.8 Å². The van der Waals surface area contributed by atoms with Gasteiger partial charge in [-0.1, -0.05) is 12.2 Å². The number of methoxy groups -OCH3 is 1. The maximum Gasteiger partial charge on any atom is 0.133 e. The number of quaternary nitrogens is 2. The highest BCUT2D eigenvalue weighted by Gasteiger charge is 2.38. The maximum atomic E-state index is 5.33. The molecule has 4 heteroatoms. The van der Waals surface area contributed by atoms with E-state index in [0.29, 0.717) is 0 Å². The van der Waals surface area contributed by atoms with Crippen LogP contribution in [-0.4, -0.2) is 39.8 Å². The van der Waals surface area contributed by atoms with E-state index in [4.69, 9.17) is 4.74 Å². The molecule has 1 heterocycles. The molecule has 0 spiro atoms. The second-order valence-corrected chi connectivity index (χ2v) is 8.74. The molecule has 0 unspecified atom stereocenters. The predicted octanol–water partition coefficient (Wildman–Crippen LogP) is 0.953. The molecule has 2 N–H and O–H groups in total. The van der Waals surface area contributed by atoms with Crippen molar-refractivity contribution in [3.05, 3.63) is 40.4 Å². The first-order valence-corrected chi connectivity index (χ1v) is 10.2. The van der Waals surface area contributed by atoms with E-state index in [0.717, 1.165) is 34.5 Å². The Morgan fingerprint density at radius 1 is 1.08 bits per heavy atom. The Labute approximate surface area is 153 Å². The van der Waals surface area contributed by atoms with Crippen LogP contribution in [0.3, 0.4) is 0 Å². The van der Waals surface area contributed by atoms with Crippen molar-refractivity contribution in [1.29, 1.82) is 0 Å². The van der Waals surface area contributed by atoms with E-state index in [9.17, 15) is 0 Å². The summed E-state index contributed by atoms with van der Waals surface area (Å²) in [6.07, 6.45) is 7.87. The van der Waals surface area contributed by atoms with E-state index >= 15 is 0 Å². The second kappa shape index (κ2) is 7.19. The van der Waals surface area contributed by atoms with Gasteiger partial charge in [-0.3, -0.25) is 0 Å². The fourth-order valence-corrected chi connectivity index (χ4v) is 5.53. The molecule has 1 saturated heterocycles. The lowest BCUT2D eigenvalue weighted by molar-refractivity contribution is -1.02. The molecule has 4 rings (SSSR count). The van der Waals surface area contributed by atoms with Gasteiger partial charge in [-0.15, -0.1) is 0 Å². The van der Waals surface area contributed by atoms with Crippen molar-refractivity contribution >= 4 is 15.9 Å². The minimum atomic E-state index is 0.907. The molecule has 3 aliphatic rings. The van der Waals surface area contributed by atoms with Crippen molar-refractivity contribution in [1.82, 2.24) is 0 Å². The van der Waals surface area contributed by atoms with Crippen LogP contribution >= 0.6 is 15.9 Å². The second-order valence-electron chi connectivity index (χ2n) is 7.89. The zero-order valence-corrected chi connectivity index (χ0v) is 16.1. The van der Waals surface area contributed by atoms with Crippen molar-refractivity contribution in [2.24, 2.45) is 17.8 Å². The molecule has 2 bridgehead atoms. The fraction of sp³-hybridized carbons (Fsp3) is 0.600. The Morgan fingerprint density at radius 2 is 1.88 bits per heavy atom. The van der Waals surface area contributed by atoms with Gasteiger partial charge in [-0.05, 0) is 58.8 Å². The molecule has 0 radical (unpaired) electrons. The molecule has 1 saturated carbocycles. The Balaban J connectivity index is 1.25. The van der Waals surface area contributed by atoms with Gasteiger partial charge < -0.3 is 14.5 Å². The number of fused-ring (bicyclic) bond motifs is 2. The maximum absolute atomic E-state index is 5.33. The molecule has 0 amide bonds. The Hall–Kier alpha value is -0.840. The highest BCUT2D eigenvalue weighted by atomic mass is 79.9. The standard InChI is InChI=1S/C20H27BrN2O/c1-24-20-5-3-16(12-19(20)21)13-22-6-8-23(9-7-22)14-18-11-15-2-4-17(18)10-15/h2-5,12,15,17-18H,6-11,13-14H2,1H3/p+2/t15-,17-,18+/m0/s1. The average molecular weight is 393 g/mol. The highest BCUT2D eigenvalue weighted by molar-refractivity contribution is 9.10. The summed E-state index contributed by atoms with van der Waals surface area (Å²) in [5.41, 5.74) is 1.40. The molecule has 2 aliphatic carbocycles. The molecule has 1 aliphatic heterocycles. The predicted molar refractivity (Wildman–Crippen MR) is 99.5 cm³/mol. The lowest BCUT2D eigenvalue weighted by Crippen LogP contribution is -3.27. The number of halogens is 1. The molecular formula is C20H29BrN2O+2. The summed E-state index contributed by atoms with van der Waals surface area (Å²) in [7, 11) is 1.72. The summed E-state index contributed by atoms with van der Waals surface area (Å²) in [6, 6.07) is 6.49. The lowest BCUT2D eigenvalue weighted by Gasteiger charge is -2.32. The van der Waals surface area contributed by atoms with E-state index in [1.54, 1.807) is 12.0 Å². The van der Waals surface area contributed by atoms with Crippen molar-refractivity contribution in [3.63, 3.8) is 0 Å². The number of hydrogen-bond donors (Lipinski definition) is 2. The third kappa shape index (κ3) is 3.56. The first-order valence-electron chi connectivity index (χ1n) is 9.39. The molecule has 24 heavy (non-hydrogen) atoms. The fourth-order valence-electron chi connectivity index (χ4n) is 4.95. The molecule has 130 valence electrons. The minimum Gasteiger partial charge on any atom is -0.496 e. The smallest absolute Gasteiger partial charge is 0.133 e. The first kappa shape index (κ1) is 16.6. The van der Waals surface area contributed by atoms with Gasteiger partial charge in [0.15, 0.2) is 0 Å². The first-order chi connectivity index (χ1) is 11.7. The number of benzene rings is 1. The van der Waals surface area contributed by atoms with E-state index in [1.165, 1.54) is 51.1 Å². The monoisotopic (exact) mass is 392 g/mol. The molecule has 3 atom stereocenters. The van der Waals surface area contributed by atoms with Gasteiger partial charge in [0.25, 0.3) is 0 Å². The van der Waals surface area contributed by atoms with Crippen LogP contribution in [0.2, 0.25) is 0 Å². The Bertz CT molecular complexity index is 610. The van der Waals surface area contributed by atoms with Gasteiger partial charge in [0.1, 0.15) is 38.5 Å². The third-order valence-electron chi connectivity index (χ3n) is 6.30. The van der Waals surface area contributed by atoms with Crippen molar-refractivity contribution < 1.29 is 14.5 Å². The molecule has 3 nitrogen and oxygen atoms in total. The number of nitrogens with one attached hydrogen (secondary N) is 2. The number of ether oxygens (including phenoxy) is 1. The SMILES string of the molecule is COc1ccc(C[NH+]2CC[NH+](C[C@H]3C[C@H]4C=C[C@H]3C4)CC2)cc1Br. The lowest BCUT2D eigenvalue weighted by atomic mass is 9.93. The minimum absolute atomic E-state index is 0.907.